The second-order valence-corrected chi connectivity index (χ2v) is 0.250. The quantitative estimate of drug-likeness (QED) is 0.292. The van der Waals surface area contributed by atoms with E-state index in [1.807, 2.05) is 0 Å². The molecular formula is C4H12Si. The summed E-state index contributed by atoms with van der Waals surface area (Å²) in [4.78, 5) is 0. The summed E-state index contributed by atoms with van der Waals surface area (Å²) >= 11 is 0. The van der Waals surface area contributed by atoms with Gasteiger partial charge in [0.15, 0.2) is 0 Å². The number of hydrogen-bond acceptors (Lipinski definition) is 0. The third kappa shape index (κ3) is 163. The maximum Gasteiger partial charge on any atom is -0.0149 e. The van der Waals surface area contributed by atoms with Crippen LogP contribution in [0.1, 0.15) is 7.43 Å². The summed E-state index contributed by atoms with van der Waals surface area (Å²) in [6, 6.07) is 0. The van der Waals surface area contributed by atoms with E-state index in [1.54, 1.807) is 0 Å². The maximum atomic E-state index is 3.12. The van der Waals surface area contributed by atoms with Crippen LogP contribution in [0.4, 0.5) is 0 Å². The van der Waals surface area contributed by atoms with Gasteiger partial charge in [0.05, 0.1) is 0 Å². The van der Waals surface area contributed by atoms with Crippen molar-refractivity contribution in [2.75, 3.05) is 0 Å². The van der Waals surface area contributed by atoms with Crippen molar-refractivity contribution in [2.24, 2.45) is 0 Å². The molecule has 0 rings (SSSR count). The normalized spacial score (nSPS) is 1.60. The van der Waals surface area contributed by atoms with Crippen molar-refractivity contribution in [3.05, 3.63) is 18.9 Å². The van der Waals surface area contributed by atoms with Crippen LogP contribution in [0.15, 0.2) is 18.9 Å². The first-order valence-corrected chi connectivity index (χ1v) is 0.707. The summed E-state index contributed by atoms with van der Waals surface area (Å²) in [5.74, 6) is 0. The highest BCUT2D eigenvalue weighted by atomic mass is 28.1. The van der Waals surface area contributed by atoms with Gasteiger partial charge in [-0.15, -0.1) is 5.73 Å². The Labute approximate surface area is 38.2 Å². The zero-order chi connectivity index (χ0) is 2.71. The maximum absolute atomic E-state index is 3.12. The van der Waals surface area contributed by atoms with Gasteiger partial charge in [-0.2, -0.15) is 0 Å². The van der Waals surface area contributed by atoms with Gasteiger partial charge < -0.3 is 0 Å². The fourth-order valence-corrected chi connectivity index (χ4v) is 0. The molecule has 0 radical (unpaired) electrons. The highest BCUT2D eigenvalue weighted by Gasteiger charge is 0.904. The largest absolute Gasteiger partial charge is 0.137 e. The van der Waals surface area contributed by atoms with Crippen molar-refractivity contribution < 1.29 is 0 Å². The molecule has 0 aliphatic rings. The van der Waals surface area contributed by atoms with Crippen molar-refractivity contribution in [1.82, 2.24) is 0 Å². The minimum atomic E-state index is 0. The van der Waals surface area contributed by atoms with Crippen LogP contribution in [0, 0.1) is 0 Å². The van der Waals surface area contributed by atoms with Gasteiger partial charge in [0.2, 0.25) is 0 Å². The molecule has 0 saturated carbocycles. The van der Waals surface area contributed by atoms with Crippen molar-refractivity contribution in [1.29, 1.82) is 0 Å². The smallest absolute Gasteiger partial charge is 0.0149 e. The fourth-order valence-electron chi connectivity index (χ4n) is 0. The van der Waals surface area contributed by atoms with Crippen molar-refractivity contribution in [3.63, 3.8) is 0 Å². The molecule has 0 bridgehead atoms. The van der Waals surface area contributed by atoms with Crippen LogP contribution in [-0.2, 0) is 0 Å². The Hall–Kier alpha value is -0.263. The van der Waals surface area contributed by atoms with Gasteiger partial charge in [0, 0.05) is 0 Å². The summed E-state index contributed by atoms with van der Waals surface area (Å²) in [6.45, 7) is 6.25. The minimum Gasteiger partial charge on any atom is -0.137 e. The summed E-state index contributed by atoms with van der Waals surface area (Å²) < 4.78 is 0. The third-order valence-corrected chi connectivity index (χ3v) is 0. The summed E-state index contributed by atoms with van der Waals surface area (Å²) in [5.41, 5.74) is 2.25. The zero-order valence-corrected chi connectivity index (χ0v) is 1.91. The molecule has 0 aliphatic heterocycles. The van der Waals surface area contributed by atoms with E-state index >= 15 is 0 Å². The van der Waals surface area contributed by atoms with Gasteiger partial charge in [0.25, 0.3) is 0 Å². The molecule has 0 aromatic heterocycles. The fraction of sp³-hybridized carbons (Fsp3) is 0.250. The van der Waals surface area contributed by atoms with Crippen molar-refractivity contribution in [2.45, 2.75) is 7.43 Å². The van der Waals surface area contributed by atoms with E-state index in [1.165, 1.54) is 0 Å². The lowest BCUT2D eigenvalue weighted by atomic mass is 11.0. The van der Waals surface area contributed by atoms with Gasteiger partial charge in [-0.05, 0) is 11.0 Å². The Kier molecular flexibility index (Phi) is 226. The van der Waals surface area contributed by atoms with E-state index in [2.05, 4.69) is 18.9 Å². The van der Waals surface area contributed by atoms with Crippen LogP contribution in [-0.4, -0.2) is 11.0 Å². The molecule has 0 saturated heterocycles. The molecule has 0 heterocycles. The molecule has 0 nitrogen and oxygen atoms in total. The first kappa shape index (κ1) is 21.9. The zero-order valence-electron chi connectivity index (χ0n) is 1.91. The second kappa shape index (κ2) is 51.5. The van der Waals surface area contributed by atoms with E-state index in [9.17, 15) is 0 Å². The molecule has 1 heteroatoms. The van der Waals surface area contributed by atoms with Crippen LogP contribution in [0.5, 0.6) is 0 Å². The molecule has 0 aromatic rings. The molecular weight excluding hydrogens is 76.1 g/mol. The molecule has 0 aromatic carbocycles. The highest BCUT2D eigenvalue weighted by molar-refractivity contribution is 5.75. The van der Waals surface area contributed by atoms with Gasteiger partial charge >= 0.3 is 0 Å². The SMILES string of the molecule is C.C=C=C.[SiH4]. The van der Waals surface area contributed by atoms with E-state index in [-0.39, 0.29) is 18.4 Å². The molecule has 5 heavy (non-hydrogen) atoms. The van der Waals surface area contributed by atoms with E-state index in [4.69, 9.17) is 0 Å². The Morgan fingerprint density at radius 2 is 1.20 bits per heavy atom. The van der Waals surface area contributed by atoms with Crippen molar-refractivity contribution >= 4 is 11.0 Å². The third-order valence-electron chi connectivity index (χ3n) is 0. The number of rotatable bonds is 0. The Morgan fingerprint density at radius 1 is 1.20 bits per heavy atom. The monoisotopic (exact) mass is 88.1 g/mol. The second-order valence-electron chi connectivity index (χ2n) is 0.250. The predicted molar refractivity (Wildman–Crippen MR) is 32.8 cm³/mol. The molecule has 32 valence electrons. The molecule has 0 fully saturated rings. The summed E-state index contributed by atoms with van der Waals surface area (Å²) in [7, 11) is 0. The van der Waals surface area contributed by atoms with Crippen LogP contribution < -0.4 is 0 Å². The van der Waals surface area contributed by atoms with Gasteiger partial charge in [-0.1, -0.05) is 20.6 Å². The lowest BCUT2D eigenvalue weighted by molar-refractivity contribution is 2.50. The Balaban J connectivity index is -0.0000000200. The molecule has 0 amide bonds. The predicted octanol–water partition coefficient (Wildman–Crippen LogP) is 0.142. The minimum absolute atomic E-state index is 0. The van der Waals surface area contributed by atoms with Crippen molar-refractivity contribution in [3.8, 4) is 0 Å². The molecule has 0 atom stereocenters. The average Bonchev–Trinajstić information content (AvgIpc) is 0.918. The molecule has 0 aliphatic carbocycles. The van der Waals surface area contributed by atoms with Crippen LogP contribution in [0.3, 0.4) is 0 Å². The Morgan fingerprint density at radius 3 is 1.20 bits per heavy atom. The summed E-state index contributed by atoms with van der Waals surface area (Å²) in [5, 5.41) is 0. The summed E-state index contributed by atoms with van der Waals surface area (Å²) in [6.07, 6.45) is 0. The first-order chi connectivity index (χ1) is 1.41. The molecule has 0 spiro atoms. The van der Waals surface area contributed by atoms with Crippen LogP contribution in [0.2, 0.25) is 0 Å². The highest BCUT2D eigenvalue weighted by Crippen LogP contribution is 1.16. The Bertz CT molecular complexity index is 24.6. The van der Waals surface area contributed by atoms with Gasteiger partial charge in [0.1, 0.15) is 0 Å². The van der Waals surface area contributed by atoms with E-state index in [0.717, 1.165) is 0 Å². The first-order valence-electron chi connectivity index (χ1n) is 0.707. The lowest BCUT2D eigenvalue weighted by Crippen LogP contribution is -0.844. The average molecular weight is 88.2 g/mol. The van der Waals surface area contributed by atoms with E-state index in [0.29, 0.717) is 0 Å². The van der Waals surface area contributed by atoms with Gasteiger partial charge in [-0.3, -0.25) is 0 Å². The standard InChI is InChI=1S/C3H4.CH4.H4Si/c1-3-2;;/h1-2H2;2*1H4. The van der Waals surface area contributed by atoms with E-state index < -0.39 is 0 Å². The lowest BCUT2D eigenvalue weighted by Gasteiger charge is -1.10. The molecule has 0 N–H and O–H groups in total. The topological polar surface area (TPSA) is 0 Å². The van der Waals surface area contributed by atoms with Crippen LogP contribution in [0.25, 0.3) is 0 Å². The van der Waals surface area contributed by atoms with Crippen LogP contribution >= 0.6 is 0 Å². The molecule has 0 unspecified atom stereocenters. The van der Waals surface area contributed by atoms with Gasteiger partial charge in [-0.25, -0.2) is 0 Å². The number of hydrogen-bond donors (Lipinski definition) is 0.